The molecule has 1 aromatic carbocycles. The number of nitrogens with zero attached hydrogens (tertiary/aromatic N) is 2. The maximum absolute atomic E-state index is 12.8. The van der Waals surface area contributed by atoms with Crippen molar-refractivity contribution in [3.63, 3.8) is 0 Å². The standard InChI is InChI=1S/C18H22N4O2/c1-11-3-6-13(7-4-11)15-9-16(21-20-15)18(24)22-10-14(17(19)23)8-5-12(22)2/h3-4,6-7,9,12,14H,5,8,10H2,1-2H3,(H2,19,23)(H,20,21)/t12-,14+/m0/s1. The Kier molecular flexibility index (Phi) is 4.38. The van der Waals surface area contributed by atoms with Gasteiger partial charge < -0.3 is 10.6 Å². The molecule has 1 fully saturated rings. The monoisotopic (exact) mass is 326 g/mol. The number of benzene rings is 1. The number of likely N-dealkylation sites (tertiary alicyclic amines) is 1. The molecule has 1 aliphatic rings. The summed E-state index contributed by atoms with van der Waals surface area (Å²) in [4.78, 5) is 25.9. The maximum atomic E-state index is 12.8. The molecule has 2 aromatic rings. The Hall–Kier alpha value is -2.63. The molecular weight excluding hydrogens is 304 g/mol. The quantitative estimate of drug-likeness (QED) is 0.905. The first-order valence-electron chi connectivity index (χ1n) is 8.18. The van der Waals surface area contributed by atoms with Crippen molar-refractivity contribution in [1.29, 1.82) is 0 Å². The van der Waals surface area contributed by atoms with Gasteiger partial charge in [0.25, 0.3) is 5.91 Å². The van der Waals surface area contributed by atoms with Crippen LogP contribution in [0.2, 0.25) is 0 Å². The first kappa shape index (κ1) is 16.2. The predicted octanol–water partition coefficient (Wildman–Crippen LogP) is 2.11. The molecule has 1 aliphatic heterocycles. The lowest BCUT2D eigenvalue weighted by atomic mass is 9.92. The lowest BCUT2D eigenvalue weighted by Crippen LogP contribution is -2.48. The third-order valence-electron chi connectivity index (χ3n) is 4.70. The van der Waals surface area contributed by atoms with Crippen LogP contribution in [0.25, 0.3) is 11.3 Å². The molecule has 0 bridgehead atoms. The smallest absolute Gasteiger partial charge is 0.272 e. The van der Waals surface area contributed by atoms with Gasteiger partial charge in [-0.15, -0.1) is 0 Å². The first-order valence-corrected chi connectivity index (χ1v) is 8.18. The van der Waals surface area contributed by atoms with Gasteiger partial charge in [-0.2, -0.15) is 5.10 Å². The maximum Gasteiger partial charge on any atom is 0.272 e. The largest absolute Gasteiger partial charge is 0.369 e. The molecule has 126 valence electrons. The Morgan fingerprint density at radius 2 is 1.96 bits per heavy atom. The fraction of sp³-hybridized carbons (Fsp3) is 0.389. The topological polar surface area (TPSA) is 92.1 Å². The zero-order valence-electron chi connectivity index (χ0n) is 14.0. The average molecular weight is 326 g/mol. The van der Waals surface area contributed by atoms with Crippen molar-refractivity contribution in [2.45, 2.75) is 32.7 Å². The van der Waals surface area contributed by atoms with Gasteiger partial charge in [0.2, 0.25) is 5.91 Å². The van der Waals surface area contributed by atoms with Crippen LogP contribution in [0.5, 0.6) is 0 Å². The second-order valence-corrected chi connectivity index (χ2v) is 6.52. The minimum absolute atomic E-state index is 0.0826. The lowest BCUT2D eigenvalue weighted by Gasteiger charge is -2.36. The van der Waals surface area contributed by atoms with Crippen molar-refractivity contribution in [2.24, 2.45) is 11.7 Å². The third kappa shape index (κ3) is 3.18. The van der Waals surface area contributed by atoms with Crippen LogP contribution in [-0.4, -0.2) is 39.5 Å². The van der Waals surface area contributed by atoms with Crippen LogP contribution >= 0.6 is 0 Å². The summed E-state index contributed by atoms with van der Waals surface area (Å²) in [5, 5.41) is 7.07. The van der Waals surface area contributed by atoms with Gasteiger partial charge in [0, 0.05) is 18.2 Å². The summed E-state index contributed by atoms with van der Waals surface area (Å²) < 4.78 is 0. The summed E-state index contributed by atoms with van der Waals surface area (Å²) in [6.45, 7) is 4.39. The zero-order valence-corrected chi connectivity index (χ0v) is 14.0. The van der Waals surface area contributed by atoms with Gasteiger partial charge in [0.1, 0.15) is 5.69 Å². The van der Waals surface area contributed by atoms with Crippen molar-refractivity contribution in [3.8, 4) is 11.3 Å². The summed E-state index contributed by atoms with van der Waals surface area (Å²) >= 11 is 0. The molecule has 0 aliphatic carbocycles. The first-order chi connectivity index (χ1) is 11.5. The van der Waals surface area contributed by atoms with Gasteiger partial charge >= 0.3 is 0 Å². The number of carbonyl (C=O) groups excluding carboxylic acids is 2. The molecule has 0 unspecified atom stereocenters. The Labute approximate surface area is 141 Å². The summed E-state index contributed by atoms with van der Waals surface area (Å²) in [5.74, 6) is -0.756. The molecule has 0 saturated carbocycles. The Bertz CT molecular complexity index is 751. The third-order valence-corrected chi connectivity index (χ3v) is 4.70. The molecule has 0 spiro atoms. The highest BCUT2D eigenvalue weighted by molar-refractivity contribution is 5.94. The highest BCUT2D eigenvalue weighted by Gasteiger charge is 2.32. The number of carbonyl (C=O) groups is 2. The van der Waals surface area contributed by atoms with Crippen LogP contribution in [0.4, 0.5) is 0 Å². The van der Waals surface area contributed by atoms with Crippen molar-refractivity contribution in [1.82, 2.24) is 15.1 Å². The molecule has 0 radical (unpaired) electrons. The van der Waals surface area contributed by atoms with Gasteiger partial charge in [0.05, 0.1) is 11.6 Å². The highest BCUT2D eigenvalue weighted by atomic mass is 16.2. The highest BCUT2D eigenvalue weighted by Crippen LogP contribution is 2.24. The van der Waals surface area contributed by atoms with Crippen LogP contribution in [0.15, 0.2) is 30.3 Å². The Morgan fingerprint density at radius 1 is 1.25 bits per heavy atom. The number of aromatic amines is 1. The van der Waals surface area contributed by atoms with Gasteiger partial charge in [-0.05, 0) is 32.8 Å². The van der Waals surface area contributed by atoms with Crippen molar-refractivity contribution >= 4 is 11.8 Å². The molecule has 1 saturated heterocycles. The van der Waals surface area contributed by atoms with E-state index in [-0.39, 0.29) is 23.8 Å². The summed E-state index contributed by atoms with van der Waals surface area (Å²) in [5.41, 5.74) is 8.70. The number of primary amides is 1. The van der Waals surface area contributed by atoms with Crippen molar-refractivity contribution in [2.75, 3.05) is 6.54 Å². The van der Waals surface area contributed by atoms with Crippen molar-refractivity contribution in [3.05, 3.63) is 41.6 Å². The molecule has 2 amide bonds. The summed E-state index contributed by atoms with van der Waals surface area (Å²) in [6, 6.07) is 9.82. The van der Waals surface area contributed by atoms with Crippen LogP contribution in [0.3, 0.4) is 0 Å². The minimum Gasteiger partial charge on any atom is -0.369 e. The van der Waals surface area contributed by atoms with E-state index in [1.54, 1.807) is 11.0 Å². The van der Waals surface area contributed by atoms with E-state index in [1.807, 2.05) is 38.1 Å². The summed E-state index contributed by atoms with van der Waals surface area (Å²) in [7, 11) is 0. The van der Waals surface area contributed by atoms with E-state index >= 15 is 0 Å². The van der Waals surface area contributed by atoms with Gasteiger partial charge in [-0.25, -0.2) is 0 Å². The number of piperidine rings is 1. The van der Waals surface area contributed by atoms with E-state index < -0.39 is 0 Å². The second kappa shape index (κ2) is 6.47. The van der Waals surface area contributed by atoms with E-state index in [9.17, 15) is 9.59 Å². The van der Waals surface area contributed by atoms with E-state index in [2.05, 4.69) is 10.2 Å². The number of hydrogen-bond acceptors (Lipinski definition) is 3. The summed E-state index contributed by atoms with van der Waals surface area (Å²) in [6.07, 6.45) is 1.51. The van der Waals surface area contributed by atoms with Crippen molar-refractivity contribution < 1.29 is 9.59 Å². The number of aryl methyl sites for hydroxylation is 1. The molecule has 3 rings (SSSR count). The zero-order chi connectivity index (χ0) is 17.3. The number of hydrogen-bond donors (Lipinski definition) is 2. The molecule has 24 heavy (non-hydrogen) atoms. The van der Waals surface area contributed by atoms with E-state index in [1.165, 1.54) is 5.56 Å². The Morgan fingerprint density at radius 3 is 2.62 bits per heavy atom. The van der Waals surface area contributed by atoms with Crippen LogP contribution in [-0.2, 0) is 4.79 Å². The van der Waals surface area contributed by atoms with Gasteiger partial charge in [-0.1, -0.05) is 29.8 Å². The SMILES string of the molecule is Cc1ccc(-c2cc(C(=O)N3C[C@H](C(N)=O)CC[C@@H]3C)[nH]n2)cc1. The number of nitrogens with two attached hydrogens (primary N) is 1. The number of nitrogens with one attached hydrogen (secondary N) is 1. The van der Waals surface area contributed by atoms with Crippen LogP contribution < -0.4 is 5.73 Å². The molecular formula is C18H22N4O2. The van der Waals surface area contributed by atoms with E-state index in [0.29, 0.717) is 12.2 Å². The number of amides is 2. The number of rotatable bonds is 3. The fourth-order valence-corrected chi connectivity index (χ4v) is 3.08. The van der Waals surface area contributed by atoms with Crippen LogP contribution in [0, 0.1) is 12.8 Å². The number of aromatic nitrogens is 2. The van der Waals surface area contributed by atoms with Gasteiger partial charge in [0.15, 0.2) is 0 Å². The lowest BCUT2D eigenvalue weighted by molar-refractivity contribution is -0.123. The van der Waals surface area contributed by atoms with Gasteiger partial charge in [-0.3, -0.25) is 14.7 Å². The molecule has 6 nitrogen and oxygen atoms in total. The normalized spacial score (nSPS) is 20.8. The molecule has 1 aromatic heterocycles. The van der Waals surface area contributed by atoms with E-state index in [0.717, 1.165) is 24.1 Å². The molecule has 2 heterocycles. The number of H-pyrrole nitrogens is 1. The fourth-order valence-electron chi connectivity index (χ4n) is 3.08. The second-order valence-electron chi connectivity index (χ2n) is 6.52. The van der Waals surface area contributed by atoms with E-state index in [4.69, 9.17) is 5.73 Å². The molecule has 6 heteroatoms. The molecule has 2 atom stereocenters. The predicted molar refractivity (Wildman–Crippen MR) is 91.2 cm³/mol. The van der Waals surface area contributed by atoms with Crippen LogP contribution in [0.1, 0.15) is 35.8 Å². The Balaban J connectivity index is 1.80. The average Bonchev–Trinajstić information content (AvgIpc) is 3.05. The minimum atomic E-state index is -0.343. The molecule has 3 N–H and O–H groups in total.